The zero-order chi connectivity index (χ0) is 35.0. The van der Waals surface area contributed by atoms with Crippen LogP contribution in [0.1, 0.15) is 116 Å². The quantitative estimate of drug-likeness (QED) is 0.0944. The minimum atomic E-state index is -2.35. The summed E-state index contributed by atoms with van der Waals surface area (Å²) in [6, 6.07) is 18.8. The third kappa shape index (κ3) is 9.82. The van der Waals surface area contributed by atoms with E-state index in [4.69, 9.17) is 4.74 Å². The van der Waals surface area contributed by atoms with Crippen LogP contribution in [0.3, 0.4) is 0 Å². The van der Waals surface area contributed by atoms with E-state index in [1.807, 2.05) is 74.5 Å². The van der Waals surface area contributed by atoms with Crippen LogP contribution in [0.4, 0.5) is 4.79 Å². The van der Waals surface area contributed by atoms with Crippen molar-refractivity contribution >= 4 is 28.9 Å². The number of nitrogens with zero attached hydrogens (tertiary/aromatic N) is 1. The second kappa shape index (κ2) is 19.9. The molecular weight excluding hydrogens is 623 g/mol. The Bertz CT molecular complexity index is 1260. The molecule has 0 spiro atoms. The Hall–Kier alpha value is -2.94. The van der Waals surface area contributed by atoms with Gasteiger partial charge in [0.25, 0.3) is 5.24 Å². The van der Waals surface area contributed by atoms with Gasteiger partial charge in [-0.25, -0.2) is 4.79 Å². The largest absolute Gasteiger partial charge is 0.479 e. The number of aliphatic hydroxyl groups is 1. The van der Waals surface area contributed by atoms with Gasteiger partial charge in [-0.1, -0.05) is 145 Å². The second-order valence-electron chi connectivity index (χ2n) is 13.3. The minimum absolute atomic E-state index is 0.119. The highest BCUT2D eigenvalue weighted by molar-refractivity contribution is 8.15. The number of hydrogen-bond acceptors (Lipinski definition) is 6. The first-order valence-electron chi connectivity index (χ1n) is 18.0. The zero-order valence-corrected chi connectivity index (χ0v) is 30.3. The molecular formula is C40H57NO6S. The lowest BCUT2D eigenvalue weighted by Crippen LogP contribution is -2.56. The van der Waals surface area contributed by atoms with Crippen LogP contribution in [0, 0.1) is 11.8 Å². The van der Waals surface area contributed by atoms with Gasteiger partial charge in [-0.3, -0.25) is 14.5 Å². The van der Waals surface area contributed by atoms with Crippen molar-refractivity contribution in [1.29, 1.82) is 0 Å². The van der Waals surface area contributed by atoms with E-state index in [1.165, 1.54) is 36.7 Å². The first-order chi connectivity index (χ1) is 23.1. The van der Waals surface area contributed by atoms with Crippen LogP contribution in [0.2, 0.25) is 0 Å². The third-order valence-electron chi connectivity index (χ3n) is 9.33. The molecule has 1 fully saturated rings. The van der Waals surface area contributed by atoms with E-state index in [0.29, 0.717) is 12.8 Å². The molecule has 1 heterocycles. The van der Waals surface area contributed by atoms with E-state index in [-0.39, 0.29) is 12.3 Å². The first-order valence-corrected chi connectivity index (χ1v) is 18.8. The van der Waals surface area contributed by atoms with Crippen molar-refractivity contribution in [2.24, 2.45) is 11.8 Å². The molecule has 1 saturated heterocycles. The molecule has 1 aliphatic rings. The standard InChI is InChI=1S/C40H57NO6S/c1-5-7-8-12-21-29-47-30-22-13-10-9-11-20-27-34(39(46,28-6-2)37(43)44)36(42)41-35(31(3)4)40(48-38(41)45,32-23-16-14-17-24-32)33-25-18-15-19-26-33/h14-20,23-27,31,34-35,46H,5-13,21-22,28-30H2,1-4H3,(H,43,44)/t34-,35?,39+/m1/s1. The Morgan fingerprint density at radius 2 is 1.42 bits per heavy atom. The first kappa shape index (κ1) is 39.5. The maximum Gasteiger partial charge on any atom is 0.336 e. The Morgan fingerprint density at radius 3 is 1.92 bits per heavy atom. The number of hydrogen-bond donors (Lipinski definition) is 2. The van der Waals surface area contributed by atoms with Gasteiger partial charge in [-0.15, -0.1) is 0 Å². The van der Waals surface area contributed by atoms with Gasteiger partial charge in [0, 0.05) is 13.2 Å². The number of imide groups is 1. The van der Waals surface area contributed by atoms with Crippen LogP contribution >= 0.6 is 11.8 Å². The number of unbranched alkanes of at least 4 members (excludes halogenated alkanes) is 8. The van der Waals surface area contributed by atoms with E-state index in [9.17, 15) is 24.6 Å². The number of amides is 2. The highest BCUT2D eigenvalue weighted by Gasteiger charge is 2.60. The van der Waals surface area contributed by atoms with Crippen molar-refractivity contribution < 1.29 is 29.3 Å². The van der Waals surface area contributed by atoms with Gasteiger partial charge in [0.2, 0.25) is 5.91 Å². The summed E-state index contributed by atoms with van der Waals surface area (Å²) in [7, 11) is 0. The molecule has 0 saturated carbocycles. The second-order valence-corrected chi connectivity index (χ2v) is 14.5. The van der Waals surface area contributed by atoms with Crippen molar-refractivity contribution in [3.05, 3.63) is 83.9 Å². The van der Waals surface area contributed by atoms with E-state index in [0.717, 1.165) is 68.2 Å². The Balaban J connectivity index is 1.80. The summed E-state index contributed by atoms with van der Waals surface area (Å²) < 4.78 is 4.85. The van der Waals surface area contributed by atoms with Gasteiger partial charge < -0.3 is 14.9 Å². The molecule has 2 aromatic carbocycles. The SMILES string of the molecule is CCCCCCCOCCCCCCC=C[C@H](C(=O)N1C(=O)SC(c2ccccc2)(c2ccccc2)C1C(C)C)[C@@](O)(CCC)C(=O)O. The number of benzene rings is 2. The topological polar surface area (TPSA) is 104 Å². The smallest absolute Gasteiger partial charge is 0.336 e. The van der Waals surface area contributed by atoms with E-state index in [2.05, 4.69) is 6.92 Å². The normalized spacial score (nSPS) is 18.0. The van der Waals surface area contributed by atoms with Crippen LogP contribution in [0.15, 0.2) is 72.8 Å². The van der Waals surface area contributed by atoms with Crippen molar-refractivity contribution in [3.8, 4) is 0 Å². The monoisotopic (exact) mass is 679 g/mol. The molecule has 7 nitrogen and oxygen atoms in total. The number of ether oxygens (including phenoxy) is 1. The summed E-state index contributed by atoms with van der Waals surface area (Å²) in [6.07, 6.45) is 14.2. The minimum Gasteiger partial charge on any atom is -0.479 e. The molecule has 1 aliphatic heterocycles. The fourth-order valence-corrected chi connectivity index (χ4v) is 8.45. The summed E-state index contributed by atoms with van der Waals surface area (Å²) in [5.41, 5.74) is -0.585. The van der Waals surface area contributed by atoms with Crippen LogP contribution in [-0.2, 0) is 19.1 Å². The molecule has 48 heavy (non-hydrogen) atoms. The molecule has 2 aromatic rings. The van der Waals surface area contributed by atoms with Crippen LogP contribution in [0.5, 0.6) is 0 Å². The lowest BCUT2D eigenvalue weighted by Gasteiger charge is -2.41. The number of rotatable bonds is 22. The predicted octanol–water partition coefficient (Wildman–Crippen LogP) is 9.38. The lowest BCUT2D eigenvalue weighted by molar-refractivity contribution is -0.169. The molecule has 3 atom stereocenters. The van der Waals surface area contributed by atoms with Crippen LogP contribution in [0.25, 0.3) is 0 Å². The van der Waals surface area contributed by atoms with E-state index >= 15 is 0 Å². The van der Waals surface area contributed by atoms with Gasteiger partial charge in [0.05, 0.1) is 16.7 Å². The number of carboxylic acid groups (broad SMARTS) is 1. The van der Waals surface area contributed by atoms with Crippen molar-refractivity contribution in [2.75, 3.05) is 13.2 Å². The zero-order valence-electron chi connectivity index (χ0n) is 29.4. The molecule has 3 rings (SSSR count). The van der Waals surface area contributed by atoms with Crippen molar-refractivity contribution in [1.82, 2.24) is 4.90 Å². The third-order valence-corrected chi connectivity index (χ3v) is 10.7. The number of carbonyl (C=O) groups excluding carboxylic acids is 2. The Morgan fingerprint density at radius 1 is 0.875 bits per heavy atom. The van der Waals surface area contributed by atoms with Gasteiger partial charge in [0.1, 0.15) is 0 Å². The van der Waals surface area contributed by atoms with Gasteiger partial charge in [-0.2, -0.15) is 0 Å². The summed E-state index contributed by atoms with van der Waals surface area (Å²) in [6.45, 7) is 9.52. The molecule has 0 aromatic heterocycles. The van der Waals surface area contributed by atoms with Gasteiger partial charge in [0.15, 0.2) is 5.60 Å². The lowest BCUT2D eigenvalue weighted by atomic mass is 9.77. The van der Waals surface area contributed by atoms with E-state index < -0.39 is 39.4 Å². The average molecular weight is 680 g/mol. The van der Waals surface area contributed by atoms with E-state index in [1.54, 1.807) is 13.0 Å². The van der Waals surface area contributed by atoms with Crippen molar-refractivity contribution in [3.63, 3.8) is 0 Å². The van der Waals surface area contributed by atoms with Gasteiger partial charge >= 0.3 is 5.97 Å². The summed E-state index contributed by atoms with van der Waals surface area (Å²) in [4.78, 5) is 42.6. The molecule has 2 amide bonds. The summed E-state index contributed by atoms with van der Waals surface area (Å²) >= 11 is 1.09. The van der Waals surface area contributed by atoms with Crippen molar-refractivity contribution in [2.45, 2.75) is 121 Å². The molecule has 0 bridgehead atoms. The number of allylic oxidation sites excluding steroid dienone is 1. The molecule has 0 aliphatic carbocycles. The Kier molecular flexibility index (Phi) is 16.4. The summed E-state index contributed by atoms with van der Waals surface area (Å²) in [5, 5.41) is 21.5. The fraction of sp³-hybridized carbons (Fsp3) is 0.575. The Labute approximate surface area is 292 Å². The molecule has 264 valence electrons. The number of carboxylic acids is 1. The number of aliphatic carboxylic acids is 1. The molecule has 2 N–H and O–H groups in total. The maximum atomic E-state index is 14.6. The molecule has 0 radical (unpaired) electrons. The molecule has 1 unspecified atom stereocenters. The average Bonchev–Trinajstić information content (AvgIpc) is 3.41. The summed E-state index contributed by atoms with van der Waals surface area (Å²) in [5.74, 6) is -3.74. The highest BCUT2D eigenvalue weighted by Crippen LogP contribution is 2.56. The fourth-order valence-electron chi connectivity index (χ4n) is 6.87. The van der Waals surface area contributed by atoms with Crippen LogP contribution in [-0.4, -0.2) is 57.1 Å². The highest BCUT2D eigenvalue weighted by atomic mass is 32.2. The van der Waals surface area contributed by atoms with Crippen LogP contribution < -0.4 is 0 Å². The van der Waals surface area contributed by atoms with Gasteiger partial charge in [-0.05, 0) is 60.9 Å². The number of carbonyl (C=O) groups is 3. The maximum absolute atomic E-state index is 14.6. The predicted molar refractivity (Wildman–Crippen MR) is 195 cm³/mol. The molecule has 8 heteroatoms. The number of thioether (sulfide) groups is 1.